The Morgan fingerprint density at radius 1 is 1.10 bits per heavy atom. The first-order valence-electron chi connectivity index (χ1n) is 6.75. The molecule has 2 aromatic rings. The Bertz CT molecular complexity index is 733. The van der Waals surface area contributed by atoms with Crippen molar-refractivity contribution in [3.8, 4) is 11.1 Å². The van der Waals surface area contributed by atoms with Crippen molar-refractivity contribution < 1.29 is 19.4 Å². The molecule has 2 aromatic carbocycles. The number of rotatable bonds is 4. The van der Waals surface area contributed by atoms with Crippen molar-refractivity contribution in [3.05, 3.63) is 59.2 Å². The Labute approximate surface area is 122 Å². The molecule has 0 radical (unpaired) electrons. The van der Waals surface area contributed by atoms with Gasteiger partial charge in [0.25, 0.3) is 0 Å². The Morgan fingerprint density at radius 2 is 1.76 bits per heavy atom. The summed E-state index contributed by atoms with van der Waals surface area (Å²) in [5, 5.41) is 9.60. The van der Waals surface area contributed by atoms with Crippen molar-refractivity contribution >= 4 is 11.6 Å². The molecule has 4 nitrogen and oxygen atoms in total. The van der Waals surface area contributed by atoms with E-state index in [4.69, 9.17) is 4.74 Å². The van der Waals surface area contributed by atoms with Crippen LogP contribution < -0.4 is 0 Å². The summed E-state index contributed by atoms with van der Waals surface area (Å²) in [5.74, 6) is -0.635. The van der Waals surface area contributed by atoms with Crippen molar-refractivity contribution in [3.63, 3.8) is 0 Å². The molecule has 1 N–H and O–H groups in total. The molecule has 1 atom stereocenters. The molecule has 0 saturated carbocycles. The number of carbonyl (C=O) groups is 2. The molecule has 1 aliphatic carbocycles. The maximum atomic E-state index is 12.4. The molecule has 4 heteroatoms. The van der Waals surface area contributed by atoms with Gasteiger partial charge in [-0.15, -0.1) is 0 Å². The molecule has 0 fully saturated rings. The Morgan fingerprint density at radius 3 is 2.48 bits per heavy atom. The van der Waals surface area contributed by atoms with Gasteiger partial charge >= 0.3 is 0 Å². The van der Waals surface area contributed by atoms with Gasteiger partial charge in [0.1, 0.15) is 0 Å². The van der Waals surface area contributed by atoms with E-state index in [1.807, 2.05) is 18.2 Å². The third kappa shape index (κ3) is 2.18. The summed E-state index contributed by atoms with van der Waals surface area (Å²) < 4.78 is 4.89. The van der Waals surface area contributed by atoms with Gasteiger partial charge in [0.2, 0.25) is 12.1 Å². The van der Waals surface area contributed by atoms with Crippen molar-refractivity contribution in [1.29, 1.82) is 0 Å². The molecular formula is C17H14O4. The zero-order chi connectivity index (χ0) is 15.0. The van der Waals surface area contributed by atoms with Crippen LogP contribution in [-0.4, -0.2) is 29.6 Å². The SMILES string of the molecule is CCOC(O)C(=O)c1ccc2c(c1)C(=O)c1ccccc1-2. The fourth-order valence-electron chi connectivity index (χ4n) is 2.56. The second-order valence-electron chi connectivity index (χ2n) is 4.81. The summed E-state index contributed by atoms with van der Waals surface area (Å²) in [4.78, 5) is 24.4. The van der Waals surface area contributed by atoms with Crippen LogP contribution in [0.2, 0.25) is 0 Å². The second kappa shape index (κ2) is 5.24. The van der Waals surface area contributed by atoms with E-state index in [-0.39, 0.29) is 18.0 Å². The molecule has 0 aromatic heterocycles. The molecule has 21 heavy (non-hydrogen) atoms. The molecule has 1 unspecified atom stereocenters. The van der Waals surface area contributed by atoms with Gasteiger partial charge < -0.3 is 9.84 Å². The van der Waals surface area contributed by atoms with Gasteiger partial charge in [-0.25, -0.2) is 0 Å². The summed E-state index contributed by atoms with van der Waals surface area (Å²) in [6.07, 6.45) is -1.49. The molecule has 0 heterocycles. The van der Waals surface area contributed by atoms with Crippen molar-refractivity contribution in [2.45, 2.75) is 13.2 Å². The number of aliphatic hydroxyl groups excluding tert-OH is 1. The van der Waals surface area contributed by atoms with E-state index in [0.29, 0.717) is 11.1 Å². The van der Waals surface area contributed by atoms with Gasteiger partial charge in [0.05, 0.1) is 0 Å². The summed E-state index contributed by atoms with van der Waals surface area (Å²) in [5.41, 5.74) is 3.10. The average molecular weight is 282 g/mol. The minimum atomic E-state index is -1.49. The highest BCUT2D eigenvalue weighted by atomic mass is 16.6. The molecule has 0 bridgehead atoms. The average Bonchev–Trinajstić information content (AvgIpc) is 2.80. The number of carbonyl (C=O) groups excluding carboxylic acids is 2. The minimum absolute atomic E-state index is 0.0962. The van der Waals surface area contributed by atoms with E-state index in [0.717, 1.165) is 11.1 Å². The van der Waals surface area contributed by atoms with Crippen LogP contribution in [0.25, 0.3) is 11.1 Å². The van der Waals surface area contributed by atoms with Crippen LogP contribution in [0.3, 0.4) is 0 Å². The zero-order valence-electron chi connectivity index (χ0n) is 11.5. The number of Topliss-reactive ketones (excluding diaryl/α,β-unsaturated/α-hetero) is 1. The Hall–Kier alpha value is -2.30. The first kappa shape index (κ1) is 13.7. The van der Waals surface area contributed by atoms with E-state index < -0.39 is 12.1 Å². The summed E-state index contributed by atoms with van der Waals surface area (Å²) in [6, 6.07) is 12.2. The van der Waals surface area contributed by atoms with E-state index in [1.165, 1.54) is 6.07 Å². The number of hydrogen-bond donors (Lipinski definition) is 1. The van der Waals surface area contributed by atoms with Crippen LogP contribution in [0.1, 0.15) is 33.2 Å². The zero-order valence-corrected chi connectivity index (χ0v) is 11.5. The topological polar surface area (TPSA) is 63.6 Å². The number of ether oxygens (including phenoxy) is 1. The third-order valence-corrected chi connectivity index (χ3v) is 3.56. The van der Waals surface area contributed by atoms with Crippen molar-refractivity contribution in [2.75, 3.05) is 6.61 Å². The molecule has 0 aliphatic heterocycles. The third-order valence-electron chi connectivity index (χ3n) is 3.56. The first-order valence-corrected chi connectivity index (χ1v) is 6.75. The quantitative estimate of drug-likeness (QED) is 0.589. The summed E-state index contributed by atoms with van der Waals surface area (Å²) >= 11 is 0. The number of fused-ring (bicyclic) bond motifs is 3. The fourth-order valence-corrected chi connectivity index (χ4v) is 2.56. The second-order valence-corrected chi connectivity index (χ2v) is 4.81. The van der Waals surface area contributed by atoms with Crippen LogP contribution in [0, 0.1) is 0 Å². The van der Waals surface area contributed by atoms with Gasteiger partial charge in [-0.2, -0.15) is 0 Å². The van der Waals surface area contributed by atoms with Crippen molar-refractivity contribution in [2.24, 2.45) is 0 Å². The highest BCUT2D eigenvalue weighted by molar-refractivity contribution is 6.22. The Kier molecular flexibility index (Phi) is 3.41. The smallest absolute Gasteiger partial charge is 0.220 e. The van der Waals surface area contributed by atoms with Crippen LogP contribution >= 0.6 is 0 Å². The summed E-state index contributed by atoms with van der Waals surface area (Å²) in [7, 11) is 0. The first-order chi connectivity index (χ1) is 10.1. The Balaban J connectivity index is 2.01. The van der Waals surface area contributed by atoms with Crippen LogP contribution in [0.15, 0.2) is 42.5 Å². The lowest BCUT2D eigenvalue weighted by atomic mass is 10.0. The maximum absolute atomic E-state index is 12.4. The predicted octanol–water partition coefficient (Wildman–Crippen LogP) is 2.44. The predicted molar refractivity (Wildman–Crippen MR) is 77.3 cm³/mol. The maximum Gasteiger partial charge on any atom is 0.220 e. The highest BCUT2D eigenvalue weighted by Crippen LogP contribution is 2.36. The molecule has 0 saturated heterocycles. The molecule has 0 amide bonds. The normalized spacial score (nSPS) is 13.7. The van der Waals surface area contributed by atoms with Gasteiger partial charge in [-0.3, -0.25) is 9.59 Å². The number of hydrogen-bond acceptors (Lipinski definition) is 4. The van der Waals surface area contributed by atoms with E-state index in [1.54, 1.807) is 25.1 Å². The van der Waals surface area contributed by atoms with Gasteiger partial charge in [-0.05, 0) is 24.1 Å². The van der Waals surface area contributed by atoms with E-state index in [2.05, 4.69) is 0 Å². The van der Waals surface area contributed by atoms with Crippen LogP contribution in [0.4, 0.5) is 0 Å². The van der Waals surface area contributed by atoms with E-state index in [9.17, 15) is 14.7 Å². The molecule has 1 aliphatic rings. The molecular weight excluding hydrogens is 268 g/mol. The van der Waals surface area contributed by atoms with E-state index >= 15 is 0 Å². The van der Waals surface area contributed by atoms with Crippen molar-refractivity contribution in [1.82, 2.24) is 0 Å². The lowest BCUT2D eigenvalue weighted by molar-refractivity contribution is -0.0675. The molecule has 106 valence electrons. The van der Waals surface area contributed by atoms with Crippen LogP contribution in [-0.2, 0) is 4.74 Å². The minimum Gasteiger partial charge on any atom is -0.362 e. The standard InChI is InChI=1S/C17H14O4/c1-2-21-17(20)15(18)10-7-8-12-11-5-3-4-6-13(11)16(19)14(12)9-10/h3-9,17,20H,2H2,1H3. The highest BCUT2D eigenvalue weighted by Gasteiger charge is 2.28. The number of aliphatic hydroxyl groups is 1. The monoisotopic (exact) mass is 282 g/mol. The number of benzene rings is 2. The van der Waals surface area contributed by atoms with Gasteiger partial charge in [0, 0.05) is 23.3 Å². The van der Waals surface area contributed by atoms with Gasteiger partial charge in [-0.1, -0.05) is 36.4 Å². The lowest BCUT2D eigenvalue weighted by Crippen LogP contribution is -2.24. The molecule has 3 rings (SSSR count). The number of ketones is 2. The summed E-state index contributed by atoms with van der Waals surface area (Å²) in [6.45, 7) is 1.93. The molecule has 0 spiro atoms. The lowest BCUT2D eigenvalue weighted by Gasteiger charge is -2.10. The van der Waals surface area contributed by atoms with Gasteiger partial charge in [0.15, 0.2) is 5.78 Å². The fraction of sp³-hybridized carbons (Fsp3) is 0.176. The largest absolute Gasteiger partial charge is 0.362 e. The van der Waals surface area contributed by atoms with Crippen LogP contribution in [0.5, 0.6) is 0 Å².